The molecule has 0 radical (unpaired) electrons. The predicted molar refractivity (Wildman–Crippen MR) is 45.5 cm³/mol. The molecule has 0 N–H and O–H groups in total. The van der Waals surface area contributed by atoms with E-state index in [0.29, 0.717) is 6.61 Å². The third-order valence-corrected chi connectivity index (χ3v) is 6.70. The van der Waals surface area contributed by atoms with E-state index < -0.39 is 7.43 Å². The molecule has 0 atom stereocenters. The van der Waals surface area contributed by atoms with Gasteiger partial charge in [-0.1, -0.05) is 0 Å². The third-order valence-electron chi connectivity index (χ3n) is 2.63. The molecular weight excluding hydrogens is 177 g/mol. The Kier molecular flexibility index (Phi) is 1.29. The Morgan fingerprint density at radius 2 is 1.83 bits per heavy atom. The Balaban J connectivity index is 2.10. The van der Waals surface area contributed by atoms with E-state index in [-0.39, 0.29) is 0 Å². The van der Waals surface area contributed by atoms with Crippen molar-refractivity contribution in [1.29, 1.82) is 0 Å². The van der Waals surface area contributed by atoms with Crippen molar-refractivity contribution < 1.29 is 13.6 Å². The second kappa shape index (κ2) is 2.08. The second-order valence-electron chi connectivity index (χ2n) is 3.20. The van der Waals surface area contributed by atoms with Gasteiger partial charge in [0.2, 0.25) is 0 Å². The van der Waals surface area contributed by atoms with Crippen molar-refractivity contribution >= 4 is 7.43 Å². The van der Waals surface area contributed by atoms with Gasteiger partial charge < -0.3 is 0 Å². The van der Waals surface area contributed by atoms with Crippen molar-refractivity contribution in [3.8, 4) is 0 Å². The van der Waals surface area contributed by atoms with Gasteiger partial charge in [-0.05, 0) is 0 Å². The van der Waals surface area contributed by atoms with Gasteiger partial charge in [0, 0.05) is 0 Å². The normalized spacial score (nSPS) is 39.8. The van der Waals surface area contributed by atoms with E-state index in [4.69, 9.17) is 13.6 Å². The minimum atomic E-state index is -2.80. The van der Waals surface area contributed by atoms with Crippen LogP contribution in [-0.2, 0) is 13.6 Å². The van der Waals surface area contributed by atoms with Crippen LogP contribution in [0.3, 0.4) is 0 Å². The van der Waals surface area contributed by atoms with Gasteiger partial charge in [0.05, 0.1) is 0 Å². The van der Waals surface area contributed by atoms with Gasteiger partial charge in [0.15, 0.2) is 0 Å². The molecule has 68 valence electrons. The fourth-order valence-electron chi connectivity index (χ4n) is 2.08. The van der Waals surface area contributed by atoms with Gasteiger partial charge in [0.25, 0.3) is 0 Å². The molecule has 3 aliphatic heterocycles. The van der Waals surface area contributed by atoms with Crippen molar-refractivity contribution in [3.63, 3.8) is 0 Å². The summed E-state index contributed by atoms with van der Waals surface area (Å²) in [6, 6.07) is 0. The molecule has 2 saturated heterocycles. The number of hydrogen-bond acceptors (Lipinski definition) is 4. The van der Waals surface area contributed by atoms with Gasteiger partial charge in [-0.25, -0.2) is 0 Å². The Hall–Kier alpha value is 0.01000. The zero-order chi connectivity index (χ0) is 8.10. The first-order valence-electron chi connectivity index (χ1n) is 4.25. The van der Waals surface area contributed by atoms with E-state index in [1.807, 2.05) is 11.9 Å². The summed E-state index contributed by atoms with van der Waals surface area (Å²) in [5.41, 5.74) is 0. The molecule has 0 aromatic heterocycles. The maximum absolute atomic E-state index is 5.74. The quantitative estimate of drug-likeness (QED) is 0.534. The molecule has 0 aromatic rings. The van der Waals surface area contributed by atoms with Crippen LogP contribution in [0.4, 0.5) is 0 Å². The van der Waals surface area contributed by atoms with Crippen molar-refractivity contribution in [2.45, 2.75) is 0 Å². The zero-order valence-corrected chi connectivity index (χ0v) is 7.70. The maximum atomic E-state index is 5.74. The molecule has 1 spiro atoms. The van der Waals surface area contributed by atoms with Gasteiger partial charge in [-0.2, -0.15) is 0 Å². The molecule has 5 heteroatoms. The monoisotopic (exact) mass is 189 g/mol. The molecule has 3 heterocycles. The SMILES string of the molecule is C1=CP23(OC1)OCCN2CCO3. The van der Waals surface area contributed by atoms with Gasteiger partial charge in [-0.15, -0.1) is 0 Å². The summed E-state index contributed by atoms with van der Waals surface area (Å²) in [7, 11) is -2.80. The Morgan fingerprint density at radius 3 is 2.42 bits per heavy atom. The minimum absolute atomic E-state index is 0.633. The van der Waals surface area contributed by atoms with Crippen LogP contribution in [-0.4, -0.2) is 37.6 Å². The van der Waals surface area contributed by atoms with Gasteiger partial charge in [-0.3, -0.25) is 0 Å². The molecule has 4 nitrogen and oxygen atoms in total. The van der Waals surface area contributed by atoms with Crippen LogP contribution >= 0.6 is 7.43 Å². The average Bonchev–Trinajstić information content (AvgIpc) is 2.67. The summed E-state index contributed by atoms with van der Waals surface area (Å²) in [6.07, 6.45) is 2.00. The van der Waals surface area contributed by atoms with Gasteiger partial charge in [0.1, 0.15) is 0 Å². The number of nitrogens with zero attached hydrogens (tertiary/aromatic N) is 1. The van der Waals surface area contributed by atoms with Crippen LogP contribution in [0, 0.1) is 0 Å². The van der Waals surface area contributed by atoms with E-state index >= 15 is 0 Å². The van der Waals surface area contributed by atoms with E-state index in [1.54, 1.807) is 0 Å². The van der Waals surface area contributed by atoms with Crippen molar-refractivity contribution in [3.05, 3.63) is 11.9 Å². The van der Waals surface area contributed by atoms with E-state index in [1.165, 1.54) is 0 Å². The van der Waals surface area contributed by atoms with Crippen molar-refractivity contribution in [2.24, 2.45) is 0 Å². The van der Waals surface area contributed by atoms with Gasteiger partial charge >= 0.3 is 70.5 Å². The third kappa shape index (κ3) is 0.663. The second-order valence-corrected chi connectivity index (χ2v) is 6.64. The molecule has 0 amide bonds. The first-order chi connectivity index (χ1) is 5.84. The van der Waals surface area contributed by atoms with Crippen molar-refractivity contribution in [1.82, 2.24) is 4.67 Å². The first-order valence-corrected chi connectivity index (χ1v) is 6.26. The fraction of sp³-hybridized carbons (Fsp3) is 0.714. The summed E-state index contributed by atoms with van der Waals surface area (Å²) in [5, 5.41) is 0. The predicted octanol–water partition coefficient (Wildman–Crippen LogP) is 1.11. The Morgan fingerprint density at radius 1 is 1.08 bits per heavy atom. The molecular formula is C7H12NO3P. The summed E-state index contributed by atoms with van der Waals surface area (Å²) in [4.78, 5) is 0. The van der Waals surface area contributed by atoms with Crippen LogP contribution in [0.5, 0.6) is 0 Å². The molecule has 3 rings (SSSR count). The van der Waals surface area contributed by atoms with E-state index in [9.17, 15) is 0 Å². The molecule has 0 aliphatic carbocycles. The molecule has 0 aromatic carbocycles. The molecule has 2 fully saturated rings. The summed E-state index contributed by atoms with van der Waals surface area (Å²) < 4.78 is 19.4. The fourth-order valence-corrected chi connectivity index (χ4v) is 5.76. The summed E-state index contributed by atoms with van der Waals surface area (Å²) in [6.45, 7) is 4.00. The summed E-state index contributed by atoms with van der Waals surface area (Å²) in [5.74, 6) is 2.02. The van der Waals surface area contributed by atoms with Crippen LogP contribution in [0.1, 0.15) is 0 Å². The number of rotatable bonds is 0. The molecule has 0 saturated carbocycles. The van der Waals surface area contributed by atoms with Crippen LogP contribution in [0.25, 0.3) is 0 Å². The summed E-state index contributed by atoms with van der Waals surface area (Å²) >= 11 is 0. The molecule has 0 bridgehead atoms. The topological polar surface area (TPSA) is 30.9 Å². The molecule has 3 aliphatic rings. The van der Waals surface area contributed by atoms with Crippen LogP contribution in [0.15, 0.2) is 11.9 Å². The zero-order valence-electron chi connectivity index (χ0n) is 6.81. The standard InChI is InChI=1S/C7H12NO3P/c1-4-9-12(7-1)8(2-5-10-12)3-6-11-12/h1,7H,2-6H2. The Labute approximate surface area is 71.3 Å². The molecule has 0 unspecified atom stereocenters. The van der Waals surface area contributed by atoms with Crippen LogP contribution < -0.4 is 0 Å². The van der Waals surface area contributed by atoms with E-state index in [2.05, 4.69) is 4.67 Å². The average molecular weight is 189 g/mol. The molecule has 12 heavy (non-hydrogen) atoms. The first kappa shape index (κ1) is 7.42. The van der Waals surface area contributed by atoms with Crippen LogP contribution in [0.2, 0.25) is 0 Å². The number of hydrogen-bond donors (Lipinski definition) is 0. The van der Waals surface area contributed by atoms with Crippen molar-refractivity contribution in [2.75, 3.05) is 32.9 Å². The van der Waals surface area contributed by atoms with E-state index in [0.717, 1.165) is 26.3 Å². The Bertz CT molecular complexity index is 245.